The molecule has 2 aromatic heterocycles. The Hall–Kier alpha value is -2.25. The van der Waals surface area contributed by atoms with Gasteiger partial charge in [0, 0.05) is 45.1 Å². The first-order valence-electron chi connectivity index (χ1n) is 8.14. The first kappa shape index (κ1) is 15.3. The van der Waals surface area contributed by atoms with Gasteiger partial charge in [0.15, 0.2) is 5.01 Å². The van der Waals surface area contributed by atoms with Crippen LogP contribution in [0.5, 0.6) is 0 Å². The van der Waals surface area contributed by atoms with Crippen LogP contribution in [-0.4, -0.2) is 63.2 Å². The highest BCUT2D eigenvalue weighted by molar-refractivity contribution is 7.20. The Morgan fingerprint density at radius 1 is 1.08 bits per heavy atom. The molecule has 0 saturated carbocycles. The van der Waals surface area contributed by atoms with Crippen molar-refractivity contribution in [2.24, 2.45) is 0 Å². The number of para-hydroxylation sites is 1. The molecule has 0 unspecified atom stereocenters. The van der Waals surface area contributed by atoms with Crippen LogP contribution in [0.15, 0.2) is 42.7 Å². The van der Waals surface area contributed by atoms with Gasteiger partial charge in [0.25, 0.3) is 5.91 Å². The van der Waals surface area contributed by atoms with Crippen molar-refractivity contribution in [2.45, 2.75) is 6.54 Å². The molecule has 4 rings (SSSR count). The topological polar surface area (TPSA) is 54.3 Å². The highest BCUT2D eigenvalue weighted by Gasteiger charge is 2.24. The van der Waals surface area contributed by atoms with E-state index in [0.29, 0.717) is 5.01 Å². The van der Waals surface area contributed by atoms with E-state index in [1.54, 1.807) is 6.20 Å². The summed E-state index contributed by atoms with van der Waals surface area (Å²) in [5.74, 6) is 0.0583. The number of benzene rings is 1. The molecule has 6 nitrogen and oxygen atoms in total. The zero-order chi connectivity index (χ0) is 16.4. The van der Waals surface area contributed by atoms with Crippen molar-refractivity contribution in [1.82, 2.24) is 24.6 Å². The van der Waals surface area contributed by atoms with Gasteiger partial charge in [-0.1, -0.05) is 12.1 Å². The van der Waals surface area contributed by atoms with Gasteiger partial charge < -0.3 is 4.90 Å². The van der Waals surface area contributed by atoms with E-state index >= 15 is 0 Å². The lowest BCUT2D eigenvalue weighted by molar-refractivity contribution is 0.0632. The van der Waals surface area contributed by atoms with E-state index < -0.39 is 0 Å². The van der Waals surface area contributed by atoms with Gasteiger partial charge in [-0.15, -0.1) is 11.3 Å². The number of carbonyl (C=O) groups excluding carboxylic acids is 1. The first-order valence-corrected chi connectivity index (χ1v) is 8.96. The fourth-order valence-electron chi connectivity index (χ4n) is 2.95. The van der Waals surface area contributed by atoms with Crippen LogP contribution < -0.4 is 0 Å². The molecule has 0 N–H and O–H groups in total. The summed E-state index contributed by atoms with van der Waals surface area (Å²) in [7, 11) is 0. The van der Waals surface area contributed by atoms with Gasteiger partial charge in [0.05, 0.1) is 16.8 Å². The van der Waals surface area contributed by atoms with Crippen molar-refractivity contribution in [2.75, 3.05) is 32.7 Å². The molecule has 0 radical (unpaired) electrons. The molecular weight excluding hydrogens is 322 g/mol. The Bertz CT molecular complexity index is 788. The summed E-state index contributed by atoms with van der Waals surface area (Å²) < 4.78 is 3.01. The number of amides is 1. The van der Waals surface area contributed by atoms with E-state index in [-0.39, 0.29) is 5.91 Å². The Kier molecular flexibility index (Phi) is 4.27. The second-order valence-corrected chi connectivity index (χ2v) is 6.92. The third-order valence-corrected chi connectivity index (χ3v) is 5.37. The standard InChI is InChI=1S/C17H19N5OS/c23-17(16-19-14-4-1-2-5-15(14)24-16)21-11-8-20(9-12-21)10-13-22-7-3-6-18-22/h1-7H,8-13H2. The number of carbonyl (C=O) groups is 1. The molecular formula is C17H19N5OS. The van der Waals surface area contributed by atoms with Gasteiger partial charge in [-0.3, -0.25) is 14.4 Å². The monoisotopic (exact) mass is 341 g/mol. The summed E-state index contributed by atoms with van der Waals surface area (Å²) in [4.78, 5) is 21.4. The quantitative estimate of drug-likeness (QED) is 0.728. The fourth-order valence-corrected chi connectivity index (χ4v) is 3.88. The Morgan fingerprint density at radius 2 is 1.92 bits per heavy atom. The minimum Gasteiger partial charge on any atom is -0.334 e. The number of thiazole rings is 1. The predicted octanol–water partition coefficient (Wildman–Crippen LogP) is 1.95. The van der Waals surface area contributed by atoms with Crippen LogP contribution in [0.3, 0.4) is 0 Å². The second-order valence-electron chi connectivity index (χ2n) is 5.89. The average molecular weight is 341 g/mol. The Morgan fingerprint density at radius 3 is 2.67 bits per heavy atom. The summed E-state index contributed by atoms with van der Waals surface area (Å²) in [6.45, 7) is 5.17. The molecule has 1 amide bonds. The molecule has 1 aliphatic heterocycles. The van der Waals surface area contributed by atoms with E-state index in [9.17, 15) is 4.79 Å². The molecule has 124 valence electrons. The molecule has 0 spiro atoms. The number of hydrogen-bond donors (Lipinski definition) is 0. The van der Waals surface area contributed by atoms with Crippen molar-refractivity contribution in [3.8, 4) is 0 Å². The van der Waals surface area contributed by atoms with E-state index in [2.05, 4.69) is 15.0 Å². The van der Waals surface area contributed by atoms with Gasteiger partial charge in [0.2, 0.25) is 0 Å². The van der Waals surface area contributed by atoms with Crippen molar-refractivity contribution < 1.29 is 4.79 Å². The molecule has 1 aliphatic rings. The van der Waals surface area contributed by atoms with Crippen LogP contribution >= 0.6 is 11.3 Å². The smallest absolute Gasteiger partial charge is 0.282 e. The minimum atomic E-state index is 0.0583. The average Bonchev–Trinajstić information content (AvgIpc) is 3.29. The molecule has 7 heteroatoms. The lowest BCUT2D eigenvalue weighted by Crippen LogP contribution is -2.49. The predicted molar refractivity (Wildman–Crippen MR) is 94.2 cm³/mol. The van der Waals surface area contributed by atoms with Crippen LogP contribution in [0.4, 0.5) is 0 Å². The van der Waals surface area contributed by atoms with Crippen molar-refractivity contribution in [3.05, 3.63) is 47.7 Å². The minimum absolute atomic E-state index is 0.0583. The number of fused-ring (bicyclic) bond motifs is 1. The van der Waals surface area contributed by atoms with Gasteiger partial charge in [-0.2, -0.15) is 5.10 Å². The zero-order valence-corrected chi connectivity index (χ0v) is 14.2. The van der Waals surface area contributed by atoms with E-state index in [4.69, 9.17) is 0 Å². The molecule has 0 aliphatic carbocycles. The van der Waals surface area contributed by atoms with Gasteiger partial charge >= 0.3 is 0 Å². The highest BCUT2D eigenvalue weighted by Crippen LogP contribution is 2.23. The summed E-state index contributed by atoms with van der Waals surface area (Å²) in [6, 6.07) is 9.84. The van der Waals surface area contributed by atoms with Gasteiger partial charge in [-0.25, -0.2) is 4.98 Å². The maximum atomic E-state index is 12.7. The molecule has 0 atom stereocenters. The Balaban J connectivity index is 1.34. The number of rotatable bonds is 4. The molecule has 24 heavy (non-hydrogen) atoms. The summed E-state index contributed by atoms with van der Waals surface area (Å²) >= 11 is 1.48. The first-order chi connectivity index (χ1) is 11.8. The summed E-state index contributed by atoms with van der Waals surface area (Å²) in [5.41, 5.74) is 0.906. The van der Waals surface area contributed by atoms with Crippen LogP contribution in [0.1, 0.15) is 9.80 Å². The van der Waals surface area contributed by atoms with E-state index in [1.807, 2.05) is 46.1 Å². The molecule has 0 bridgehead atoms. The number of aromatic nitrogens is 3. The van der Waals surface area contributed by atoms with Crippen molar-refractivity contribution in [3.63, 3.8) is 0 Å². The van der Waals surface area contributed by atoms with Crippen molar-refractivity contribution >= 4 is 27.5 Å². The van der Waals surface area contributed by atoms with Crippen molar-refractivity contribution in [1.29, 1.82) is 0 Å². The molecule has 1 aromatic carbocycles. The van der Waals surface area contributed by atoms with E-state index in [0.717, 1.165) is 49.5 Å². The van der Waals surface area contributed by atoms with Gasteiger partial charge in [0.1, 0.15) is 0 Å². The zero-order valence-electron chi connectivity index (χ0n) is 13.3. The lowest BCUT2D eigenvalue weighted by Gasteiger charge is -2.34. The Labute approximate surface area is 144 Å². The maximum Gasteiger partial charge on any atom is 0.282 e. The summed E-state index contributed by atoms with van der Waals surface area (Å²) in [6.07, 6.45) is 3.78. The molecule has 3 aromatic rings. The number of piperazine rings is 1. The normalized spacial score (nSPS) is 15.9. The summed E-state index contributed by atoms with van der Waals surface area (Å²) in [5, 5.41) is 4.82. The highest BCUT2D eigenvalue weighted by atomic mass is 32.1. The fraction of sp³-hybridized carbons (Fsp3) is 0.353. The third kappa shape index (κ3) is 3.18. The second kappa shape index (κ2) is 6.70. The van der Waals surface area contributed by atoms with Crippen LogP contribution in [0.2, 0.25) is 0 Å². The van der Waals surface area contributed by atoms with Crippen LogP contribution in [-0.2, 0) is 6.54 Å². The van der Waals surface area contributed by atoms with E-state index in [1.165, 1.54) is 11.3 Å². The van der Waals surface area contributed by atoms with Crippen LogP contribution in [0.25, 0.3) is 10.2 Å². The number of hydrogen-bond acceptors (Lipinski definition) is 5. The van der Waals surface area contributed by atoms with Gasteiger partial charge in [-0.05, 0) is 18.2 Å². The molecule has 3 heterocycles. The maximum absolute atomic E-state index is 12.7. The largest absolute Gasteiger partial charge is 0.334 e. The number of nitrogens with zero attached hydrogens (tertiary/aromatic N) is 5. The molecule has 1 fully saturated rings. The van der Waals surface area contributed by atoms with Crippen LogP contribution in [0, 0.1) is 0 Å². The third-order valence-electron chi connectivity index (χ3n) is 4.34. The lowest BCUT2D eigenvalue weighted by atomic mass is 10.3. The SMILES string of the molecule is O=C(c1nc2ccccc2s1)N1CCN(CCn2cccn2)CC1. The molecule has 1 saturated heterocycles.